The Morgan fingerprint density at radius 2 is 1.92 bits per heavy atom. The third-order valence-electron chi connectivity index (χ3n) is 4.13. The molecule has 25 heavy (non-hydrogen) atoms. The van der Waals surface area contributed by atoms with E-state index in [1.165, 1.54) is 13.2 Å². The van der Waals surface area contributed by atoms with Crippen LogP contribution in [-0.2, 0) is 7.05 Å². The summed E-state index contributed by atoms with van der Waals surface area (Å²) in [4.78, 5) is 4.22. The van der Waals surface area contributed by atoms with Crippen molar-refractivity contribution >= 4 is 17.2 Å². The Hall–Kier alpha value is -2.86. The number of ether oxygens (including phenoxy) is 1. The van der Waals surface area contributed by atoms with Gasteiger partial charge in [0.25, 0.3) is 0 Å². The van der Waals surface area contributed by atoms with Gasteiger partial charge < -0.3 is 4.74 Å². The lowest BCUT2D eigenvalue weighted by Gasteiger charge is -2.10. The molecule has 0 fully saturated rings. The zero-order valence-corrected chi connectivity index (χ0v) is 14.3. The summed E-state index contributed by atoms with van der Waals surface area (Å²) in [7, 11) is 3.29. The van der Waals surface area contributed by atoms with Crippen LogP contribution in [0.15, 0.2) is 48.9 Å². The van der Waals surface area contributed by atoms with E-state index >= 15 is 0 Å². The number of benzene rings is 1. The van der Waals surface area contributed by atoms with Gasteiger partial charge in [-0.3, -0.25) is 9.08 Å². The Labute approximate surface area is 148 Å². The van der Waals surface area contributed by atoms with Crippen LogP contribution in [0.4, 0.5) is 4.39 Å². The van der Waals surface area contributed by atoms with E-state index in [4.69, 9.17) is 16.3 Å². The normalized spacial score (nSPS) is 11.2. The zero-order valence-electron chi connectivity index (χ0n) is 13.6. The second kappa shape index (κ2) is 5.89. The van der Waals surface area contributed by atoms with Crippen molar-refractivity contribution in [3.8, 4) is 28.1 Å². The van der Waals surface area contributed by atoms with Crippen LogP contribution < -0.4 is 4.74 Å². The molecule has 0 atom stereocenters. The molecule has 126 valence electrons. The summed E-state index contributed by atoms with van der Waals surface area (Å²) in [6.07, 6.45) is 5.29. The highest BCUT2D eigenvalue weighted by atomic mass is 35.5. The minimum absolute atomic E-state index is 0.192. The van der Waals surface area contributed by atoms with Crippen molar-refractivity contribution in [2.24, 2.45) is 7.05 Å². The van der Waals surface area contributed by atoms with Crippen LogP contribution >= 0.6 is 11.6 Å². The largest absolute Gasteiger partial charge is 0.494 e. The standard InChI is InChI=1S/C18H14ClFN4O/c1-23-18(11-3-5-14(20)15(7-11)25-2)13(8-22-23)12-4-6-17-21-9-16(19)24(17)10-12/h3-10H,1-2H3. The second-order valence-electron chi connectivity index (χ2n) is 5.61. The topological polar surface area (TPSA) is 44.4 Å². The summed E-state index contributed by atoms with van der Waals surface area (Å²) in [5.74, 6) is -0.209. The average molecular weight is 357 g/mol. The van der Waals surface area contributed by atoms with Crippen molar-refractivity contribution in [3.05, 3.63) is 59.9 Å². The molecule has 4 aromatic rings. The van der Waals surface area contributed by atoms with Gasteiger partial charge >= 0.3 is 0 Å². The van der Waals surface area contributed by atoms with Gasteiger partial charge in [0.2, 0.25) is 0 Å². The lowest BCUT2D eigenvalue weighted by molar-refractivity contribution is 0.386. The van der Waals surface area contributed by atoms with E-state index in [-0.39, 0.29) is 5.75 Å². The number of nitrogens with zero attached hydrogens (tertiary/aromatic N) is 4. The van der Waals surface area contributed by atoms with E-state index in [1.807, 2.05) is 25.4 Å². The van der Waals surface area contributed by atoms with Crippen LogP contribution in [0.25, 0.3) is 28.0 Å². The molecule has 0 spiro atoms. The molecule has 0 amide bonds. The fraction of sp³-hybridized carbons (Fsp3) is 0.111. The number of methoxy groups -OCH3 is 1. The Bertz CT molecular complexity index is 1090. The van der Waals surface area contributed by atoms with E-state index < -0.39 is 5.82 Å². The molecule has 0 saturated carbocycles. The van der Waals surface area contributed by atoms with Crippen LogP contribution in [-0.4, -0.2) is 26.3 Å². The van der Waals surface area contributed by atoms with E-state index in [9.17, 15) is 4.39 Å². The summed E-state index contributed by atoms with van der Waals surface area (Å²) >= 11 is 6.17. The number of halogens is 2. The number of hydrogen-bond donors (Lipinski definition) is 0. The lowest BCUT2D eigenvalue weighted by Crippen LogP contribution is -1.96. The number of imidazole rings is 1. The molecule has 7 heteroatoms. The average Bonchev–Trinajstić information content (AvgIpc) is 3.18. The molecular formula is C18H14ClFN4O. The molecule has 5 nitrogen and oxygen atoms in total. The van der Waals surface area contributed by atoms with Gasteiger partial charge in [-0.05, 0) is 30.3 Å². The first-order chi connectivity index (χ1) is 12.1. The number of rotatable bonds is 3. The summed E-state index contributed by atoms with van der Waals surface area (Å²) < 4.78 is 22.4. The summed E-state index contributed by atoms with van der Waals surface area (Å²) in [5, 5.41) is 4.89. The molecule has 0 aliphatic carbocycles. The molecule has 0 aliphatic heterocycles. The third-order valence-corrected chi connectivity index (χ3v) is 4.41. The number of aryl methyl sites for hydroxylation is 1. The molecule has 3 aromatic heterocycles. The minimum Gasteiger partial charge on any atom is -0.494 e. The van der Waals surface area contributed by atoms with Crippen molar-refractivity contribution in [2.45, 2.75) is 0 Å². The van der Waals surface area contributed by atoms with E-state index in [0.717, 1.165) is 28.0 Å². The Morgan fingerprint density at radius 1 is 1.12 bits per heavy atom. The maximum absolute atomic E-state index is 13.7. The van der Waals surface area contributed by atoms with Crippen LogP contribution in [0.3, 0.4) is 0 Å². The van der Waals surface area contributed by atoms with Crippen LogP contribution in [0.1, 0.15) is 0 Å². The van der Waals surface area contributed by atoms with Gasteiger partial charge in [0.1, 0.15) is 10.8 Å². The SMILES string of the molecule is COc1cc(-c2c(-c3ccc4ncc(Cl)n4c3)cnn2C)ccc1F. The quantitative estimate of drug-likeness (QED) is 0.552. The monoisotopic (exact) mass is 356 g/mol. The van der Waals surface area contributed by atoms with E-state index in [1.54, 1.807) is 33.6 Å². The first-order valence-electron chi connectivity index (χ1n) is 7.57. The lowest BCUT2D eigenvalue weighted by atomic mass is 10.0. The predicted molar refractivity (Wildman–Crippen MR) is 94.4 cm³/mol. The Balaban J connectivity index is 1.90. The van der Waals surface area contributed by atoms with Crippen LogP contribution in [0, 0.1) is 5.82 Å². The summed E-state index contributed by atoms with van der Waals surface area (Å²) in [5.41, 5.74) is 4.27. The number of aromatic nitrogens is 4. The number of pyridine rings is 1. The van der Waals surface area contributed by atoms with Gasteiger partial charge in [-0.1, -0.05) is 11.6 Å². The highest BCUT2D eigenvalue weighted by Crippen LogP contribution is 2.34. The maximum Gasteiger partial charge on any atom is 0.165 e. The highest BCUT2D eigenvalue weighted by Gasteiger charge is 2.16. The maximum atomic E-state index is 13.7. The molecule has 4 rings (SSSR count). The molecule has 0 radical (unpaired) electrons. The highest BCUT2D eigenvalue weighted by molar-refractivity contribution is 6.29. The van der Waals surface area contributed by atoms with Crippen molar-refractivity contribution in [3.63, 3.8) is 0 Å². The van der Waals surface area contributed by atoms with Gasteiger partial charge in [-0.25, -0.2) is 9.37 Å². The molecule has 3 heterocycles. The fourth-order valence-electron chi connectivity index (χ4n) is 2.91. The van der Waals surface area contributed by atoms with Crippen molar-refractivity contribution in [1.29, 1.82) is 0 Å². The van der Waals surface area contributed by atoms with E-state index in [0.29, 0.717) is 5.15 Å². The second-order valence-corrected chi connectivity index (χ2v) is 5.99. The molecule has 0 N–H and O–H groups in total. The number of fused-ring (bicyclic) bond motifs is 1. The summed E-state index contributed by atoms with van der Waals surface area (Å²) in [6.45, 7) is 0. The first-order valence-corrected chi connectivity index (χ1v) is 7.95. The molecular weight excluding hydrogens is 343 g/mol. The van der Waals surface area contributed by atoms with Gasteiger partial charge in [0.05, 0.1) is 25.2 Å². The van der Waals surface area contributed by atoms with Crippen LogP contribution in [0.2, 0.25) is 5.15 Å². The molecule has 0 saturated heterocycles. The molecule has 0 bridgehead atoms. The molecule has 0 aliphatic rings. The van der Waals surface area contributed by atoms with Gasteiger partial charge in [0.15, 0.2) is 11.6 Å². The predicted octanol–water partition coefficient (Wildman–Crippen LogP) is 4.20. The summed E-state index contributed by atoms with van der Waals surface area (Å²) in [6, 6.07) is 8.61. The first kappa shape index (κ1) is 15.7. The van der Waals surface area contributed by atoms with Gasteiger partial charge in [-0.2, -0.15) is 5.10 Å². The van der Waals surface area contributed by atoms with Crippen LogP contribution in [0.5, 0.6) is 5.75 Å². The Kier molecular flexibility index (Phi) is 3.69. The smallest absolute Gasteiger partial charge is 0.165 e. The molecule has 1 aromatic carbocycles. The molecule has 0 unspecified atom stereocenters. The minimum atomic E-state index is -0.401. The number of hydrogen-bond acceptors (Lipinski definition) is 3. The van der Waals surface area contributed by atoms with Gasteiger partial charge in [0, 0.05) is 29.9 Å². The van der Waals surface area contributed by atoms with Crippen molar-refractivity contribution < 1.29 is 9.13 Å². The van der Waals surface area contributed by atoms with Gasteiger partial charge in [-0.15, -0.1) is 0 Å². The zero-order chi connectivity index (χ0) is 17.6. The van der Waals surface area contributed by atoms with Crippen molar-refractivity contribution in [2.75, 3.05) is 7.11 Å². The van der Waals surface area contributed by atoms with E-state index in [2.05, 4.69) is 10.1 Å². The fourth-order valence-corrected chi connectivity index (χ4v) is 3.09. The third kappa shape index (κ3) is 2.55. The Morgan fingerprint density at radius 3 is 2.72 bits per heavy atom. The van der Waals surface area contributed by atoms with Crippen molar-refractivity contribution in [1.82, 2.24) is 19.2 Å².